The molecule has 0 bridgehead atoms. The van der Waals surface area contributed by atoms with Crippen LogP contribution in [0.2, 0.25) is 0 Å². The van der Waals surface area contributed by atoms with Crippen LogP contribution >= 0.6 is 35.3 Å². The van der Waals surface area contributed by atoms with Crippen molar-refractivity contribution in [1.82, 2.24) is 10.6 Å². The second-order valence-corrected chi connectivity index (χ2v) is 7.70. The molecule has 6 heteroatoms. The van der Waals surface area contributed by atoms with Crippen molar-refractivity contribution in [1.29, 1.82) is 0 Å². The van der Waals surface area contributed by atoms with Crippen LogP contribution in [0.25, 0.3) is 0 Å². The molecular weight excluding hydrogens is 445 g/mol. The van der Waals surface area contributed by atoms with Gasteiger partial charge in [-0.15, -0.1) is 24.0 Å². The molecule has 1 heterocycles. The second-order valence-electron chi connectivity index (χ2n) is 6.92. The Bertz CT molecular complexity index is 487. The minimum Gasteiger partial charge on any atom is -0.382 e. The molecule has 25 heavy (non-hydrogen) atoms. The molecule has 1 saturated carbocycles. The van der Waals surface area contributed by atoms with Gasteiger partial charge in [-0.2, -0.15) is 11.3 Å². The number of rotatable bonds is 9. The Morgan fingerprint density at radius 1 is 1.36 bits per heavy atom. The van der Waals surface area contributed by atoms with Crippen molar-refractivity contribution in [2.45, 2.75) is 51.9 Å². The van der Waals surface area contributed by atoms with E-state index < -0.39 is 0 Å². The van der Waals surface area contributed by atoms with Gasteiger partial charge in [0.1, 0.15) is 0 Å². The fraction of sp³-hybridized carbons (Fsp3) is 0.737. The lowest BCUT2D eigenvalue weighted by molar-refractivity contribution is 0.105. The number of guanidine groups is 1. The van der Waals surface area contributed by atoms with Gasteiger partial charge >= 0.3 is 0 Å². The van der Waals surface area contributed by atoms with Crippen LogP contribution in [-0.4, -0.2) is 39.3 Å². The first-order chi connectivity index (χ1) is 11.7. The SMILES string of the molecule is CCOCCC1(CNC(=NC)NCC(C)c2ccsc2)CCCC1.I. The van der Waals surface area contributed by atoms with E-state index in [1.807, 2.05) is 7.05 Å². The van der Waals surface area contributed by atoms with Crippen molar-refractivity contribution < 1.29 is 4.74 Å². The van der Waals surface area contributed by atoms with Gasteiger partial charge in [0.05, 0.1) is 0 Å². The molecule has 0 amide bonds. The van der Waals surface area contributed by atoms with Crippen LogP contribution in [0.5, 0.6) is 0 Å². The lowest BCUT2D eigenvalue weighted by Crippen LogP contribution is -2.44. The highest BCUT2D eigenvalue weighted by Gasteiger charge is 2.33. The van der Waals surface area contributed by atoms with Crippen molar-refractivity contribution in [3.63, 3.8) is 0 Å². The molecule has 0 aliphatic heterocycles. The summed E-state index contributed by atoms with van der Waals surface area (Å²) < 4.78 is 5.60. The van der Waals surface area contributed by atoms with E-state index in [2.05, 4.69) is 46.3 Å². The third-order valence-corrected chi connectivity index (χ3v) is 5.89. The van der Waals surface area contributed by atoms with Crippen LogP contribution in [0, 0.1) is 5.41 Å². The van der Waals surface area contributed by atoms with Crippen LogP contribution in [-0.2, 0) is 4.74 Å². The highest BCUT2D eigenvalue weighted by Crippen LogP contribution is 2.40. The first-order valence-corrected chi connectivity index (χ1v) is 10.2. The molecule has 0 radical (unpaired) electrons. The van der Waals surface area contributed by atoms with E-state index in [1.165, 1.54) is 31.2 Å². The quantitative estimate of drug-likeness (QED) is 0.235. The Hall–Kier alpha value is -0.340. The van der Waals surface area contributed by atoms with Crippen LogP contribution in [0.15, 0.2) is 21.8 Å². The Morgan fingerprint density at radius 3 is 2.72 bits per heavy atom. The maximum Gasteiger partial charge on any atom is 0.191 e. The Balaban J connectivity index is 0.00000312. The molecule has 1 atom stereocenters. The van der Waals surface area contributed by atoms with Gasteiger partial charge in [-0.05, 0) is 59.9 Å². The van der Waals surface area contributed by atoms with E-state index in [-0.39, 0.29) is 24.0 Å². The molecule has 1 aliphatic rings. The first-order valence-electron chi connectivity index (χ1n) is 9.23. The predicted octanol–water partition coefficient (Wildman–Crippen LogP) is 4.62. The largest absolute Gasteiger partial charge is 0.382 e. The number of nitrogens with one attached hydrogen (secondary N) is 2. The standard InChI is InChI=1S/C19H33N3OS.HI/c1-4-23-11-10-19(8-5-6-9-19)15-22-18(20-3)21-13-16(2)17-7-12-24-14-17;/h7,12,14,16H,4-6,8-11,13,15H2,1-3H3,(H2,20,21,22);1H. The lowest BCUT2D eigenvalue weighted by atomic mass is 9.83. The summed E-state index contributed by atoms with van der Waals surface area (Å²) in [7, 11) is 1.85. The molecule has 0 spiro atoms. The number of aliphatic imine (C=N–C) groups is 1. The normalized spacial score (nSPS) is 17.8. The van der Waals surface area contributed by atoms with Gasteiger partial charge in [-0.1, -0.05) is 19.8 Å². The van der Waals surface area contributed by atoms with Gasteiger partial charge in [-0.25, -0.2) is 0 Å². The van der Waals surface area contributed by atoms with E-state index in [0.717, 1.165) is 38.7 Å². The van der Waals surface area contributed by atoms with Crippen molar-refractivity contribution in [3.8, 4) is 0 Å². The number of ether oxygens (including phenoxy) is 1. The lowest BCUT2D eigenvalue weighted by Gasteiger charge is -2.30. The maximum absolute atomic E-state index is 5.60. The molecule has 144 valence electrons. The van der Waals surface area contributed by atoms with E-state index in [1.54, 1.807) is 11.3 Å². The Kier molecular flexibility index (Phi) is 11.0. The van der Waals surface area contributed by atoms with Crippen molar-refractivity contribution in [2.75, 3.05) is 33.4 Å². The number of thiophene rings is 1. The average molecular weight is 479 g/mol. The van der Waals surface area contributed by atoms with E-state index >= 15 is 0 Å². The summed E-state index contributed by atoms with van der Waals surface area (Å²) in [5.74, 6) is 1.41. The fourth-order valence-electron chi connectivity index (χ4n) is 3.49. The molecule has 4 nitrogen and oxygen atoms in total. The summed E-state index contributed by atoms with van der Waals surface area (Å²) in [6.45, 7) is 7.91. The van der Waals surface area contributed by atoms with Crippen molar-refractivity contribution >= 4 is 41.3 Å². The van der Waals surface area contributed by atoms with Crippen LogP contribution in [0.4, 0.5) is 0 Å². The summed E-state index contributed by atoms with van der Waals surface area (Å²) in [6, 6.07) is 2.20. The van der Waals surface area contributed by atoms with Gasteiger partial charge in [0, 0.05) is 33.4 Å². The minimum absolute atomic E-state index is 0. The summed E-state index contributed by atoms with van der Waals surface area (Å²) >= 11 is 1.76. The van der Waals surface area contributed by atoms with Gasteiger partial charge in [0.2, 0.25) is 0 Å². The zero-order valence-electron chi connectivity index (χ0n) is 15.8. The maximum atomic E-state index is 5.60. The Labute approximate surface area is 174 Å². The van der Waals surface area contributed by atoms with Crippen molar-refractivity contribution in [3.05, 3.63) is 22.4 Å². The monoisotopic (exact) mass is 479 g/mol. The Morgan fingerprint density at radius 2 is 2.12 bits per heavy atom. The summed E-state index contributed by atoms with van der Waals surface area (Å²) in [6.07, 6.45) is 6.44. The van der Waals surface area contributed by atoms with Crippen LogP contribution in [0.3, 0.4) is 0 Å². The number of halogens is 1. The van der Waals surface area contributed by atoms with E-state index in [4.69, 9.17) is 4.74 Å². The smallest absolute Gasteiger partial charge is 0.191 e. The molecular formula is C19H34IN3OS. The highest BCUT2D eigenvalue weighted by molar-refractivity contribution is 14.0. The second kappa shape index (κ2) is 12.1. The van der Waals surface area contributed by atoms with Crippen LogP contribution in [0.1, 0.15) is 57.4 Å². The first kappa shape index (κ1) is 22.7. The van der Waals surface area contributed by atoms with Gasteiger partial charge in [0.25, 0.3) is 0 Å². The molecule has 1 aromatic rings. The van der Waals surface area contributed by atoms with Gasteiger partial charge in [0.15, 0.2) is 5.96 Å². The zero-order valence-corrected chi connectivity index (χ0v) is 19.0. The fourth-order valence-corrected chi connectivity index (χ4v) is 4.27. The third-order valence-electron chi connectivity index (χ3n) is 5.19. The van der Waals surface area contributed by atoms with Crippen LogP contribution < -0.4 is 10.6 Å². The van der Waals surface area contributed by atoms with E-state index in [0.29, 0.717) is 11.3 Å². The molecule has 0 saturated heterocycles. The van der Waals surface area contributed by atoms with Gasteiger partial charge in [-0.3, -0.25) is 4.99 Å². The number of hydrogen-bond donors (Lipinski definition) is 2. The summed E-state index contributed by atoms with van der Waals surface area (Å²) in [5, 5.41) is 11.4. The molecule has 1 aliphatic carbocycles. The molecule has 0 aromatic carbocycles. The molecule has 1 fully saturated rings. The molecule has 2 N–H and O–H groups in total. The van der Waals surface area contributed by atoms with Gasteiger partial charge < -0.3 is 15.4 Å². The van der Waals surface area contributed by atoms with E-state index in [9.17, 15) is 0 Å². The summed E-state index contributed by atoms with van der Waals surface area (Å²) in [4.78, 5) is 4.40. The van der Waals surface area contributed by atoms with Crippen molar-refractivity contribution in [2.24, 2.45) is 10.4 Å². The number of hydrogen-bond acceptors (Lipinski definition) is 3. The zero-order chi connectivity index (χ0) is 17.3. The highest BCUT2D eigenvalue weighted by atomic mass is 127. The minimum atomic E-state index is 0. The molecule has 2 rings (SSSR count). The predicted molar refractivity (Wildman–Crippen MR) is 120 cm³/mol. The topological polar surface area (TPSA) is 45.6 Å². The summed E-state index contributed by atoms with van der Waals surface area (Å²) in [5.41, 5.74) is 1.78. The molecule has 1 unspecified atom stereocenters. The average Bonchev–Trinajstić information content (AvgIpc) is 3.27. The third kappa shape index (κ3) is 7.43. The number of nitrogens with zero attached hydrogens (tertiary/aromatic N) is 1. The molecule has 1 aromatic heterocycles.